The van der Waals surface area contributed by atoms with Crippen molar-refractivity contribution in [1.29, 1.82) is 0 Å². The van der Waals surface area contributed by atoms with Crippen LogP contribution < -0.4 is 5.32 Å². The predicted octanol–water partition coefficient (Wildman–Crippen LogP) is 4.11. The summed E-state index contributed by atoms with van der Waals surface area (Å²) in [6.07, 6.45) is 0.425. The van der Waals surface area contributed by atoms with Gasteiger partial charge in [0.1, 0.15) is 0 Å². The average molecular weight is 338 g/mol. The third kappa shape index (κ3) is 4.01. The van der Waals surface area contributed by atoms with Crippen molar-refractivity contribution in [2.45, 2.75) is 12.8 Å². The average Bonchev–Trinajstić information content (AvgIpc) is 2.93. The number of hydrogen-bond donors (Lipinski definition) is 1. The van der Waals surface area contributed by atoms with Crippen molar-refractivity contribution in [2.75, 3.05) is 5.32 Å². The number of benzene rings is 1. The molecule has 0 radical (unpaired) electrons. The molecule has 0 aliphatic rings. The summed E-state index contributed by atoms with van der Waals surface area (Å²) < 4.78 is 0.827. The lowest BCUT2D eigenvalue weighted by molar-refractivity contribution is -0.116. The zero-order valence-corrected chi connectivity index (χ0v) is 12.5. The van der Waals surface area contributed by atoms with E-state index in [1.54, 1.807) is 6.07 Å². The van der Waals surface area contributed by atoms with E-state index in [1.807, 2.05) is 35.7 Å². The second kappa shape index (κ2) is 6.63. The lowest BCUT2D eigenvalue weighted by atomic mass is 10.2. The molecule has 0 aliphatic heterocycles. The fourth-order valence-corrected chi connectivity index (χ4v) is 2.64. The highest BCUT2D eigenvalue weighted by Crippen LogP contribution is 2.21. The van der Waals surface area contributed by atoms with E-state index in [9.17, 15) is 9.59 Å². The maximum absolute atomic E-state index is 11.8. The summed E-state index contributed by atoms with van der Waals surface area (Å²) in [5, 5.41) is 4.63. The SMILES string of the molecule is O=C(CCC(=O)c1cccs1)Nc1ccccc1Br. The summed E-state index contributed by atoms with van der Waals surface area (Å²) in [6.45, 7) is 0. The number of ketones is 1. The van der Waals surface area contributed by atoms with Gasteiger partial charge in [-0.15, -0.1) is 11.3 Å². The van der Waals surface area contributed by atoms with E-state index in [4.69, 9.17) is 0 Å². The van der Waals surface area contributed by atoms with Gasteiger partial charge in [-0.2, -0.15) is 0 Å². The van der Waals surface area contributed by atoms with Gasteiger partial charge in [-0.25, -0.2) is 0 Å². The zero-order chi connectivity index (χ0) is 13.7. The first-order valence-electron chi connectivity index (χ1n) is 5.78. The van der Waals surface area contributed by atoms with E-state index in [0.717, 1.165) is 10.2 Å². The minimum atomic E-state index is -0.156. The molecule has 0 atom stereocenters. The smallest absolute Gasteiger partial charge is 0.224 e. The van der Waals surface area contributed by atoms with E-state index in [0.29, 0.717) is 4.88 Å². The Morgan fingerprint density at radius 2 is 1.89 bits per heavy atom. The van der Waals surface area contributed by atoms with Crippen molar-refractivity contribution in [3.63, 3.8) is 0 Å². The second-order valence-corrected chi connectivity index (χ2v) is 5.73. The number of carbonyl (C=O) groups is 2. The van der Waals surface area contributed by atoms with Crippen molar-refractivity contribution < 1.29 is 9.59 Å². The first-order chi connectivity index (χ1) is 9.16. The fourth-order valence-electron chi connectivity index (χ4n) is 1.56. The van der Waals surface area contributed by atoms with E-state index < -0.39 is 0 Å². The molecule has 0 fully saturated rings. The summed E-state index contributed by atoms with van der Waals surface area (Å²) in [7, 11) is 0. The molecule has 19 heavy (non-hydrogen) atoms. The van der Waals surface area contributed by atoms with Crippen LogP contribution in [0.5, 0.6) is 0 Å². The van der Waals surface area contributed by atoms with Crippen LogP contribution in [0.15, 0.2) is 46.3 Å². The number of anilines is 1. The van der Waals surface area contributed by atoms with Gasteiger partial charge in [-0.05, 0) is 39.5 Å². The molecule has 0 spiro atoms. The van der Waals surface area contributed by atoms with Crippen LogP contribution in [0, 0.1) is 0 Å². The van der Waals surface area contributed by atoms with Crippen LogP contribution in [0.3, 0.4) is 0 Å². The fraction of sp³-hybridized carbons (Fsp3) is 0.143. The lowest BCUT2D eigenvalue weighted by Gasteiger charge is -2.06. The molecule has 0 saturated heterocycles. The van der Waals surface area contributed by atoms with Crippen molar-refractivity contribution in [3.8, 4) is 0 Å². The molecule has 0 unspecified atom stereocenters. The maximum atomic E-state index is 11.8. The van der Waals surface area contributed by atoms with Crippen molar-refractivity contribution in [1.82, 2.24) is 0 Å². The van der Waals surface area contributed by atoms with E-state index in [1.165, 1.54) is 11.3 Å². The van der Waals surface area contributed by atoms with Gasteiger partial charge < -0.3 is 5.32 Å². The summed E-state index contributed by atoms with van der Waals surface area (Å²) in [5.74, 6) is -0.144. The zero-order valence-electron chi connectivity index (χ0n) is 10.1. The normalized spacial score (nSPS) is 10.2. The van der Waals surface area contributed by atoms with Crippen LogP contribution in [0.4, 0.5) is 5.69 Å². The Labute approximate surface area is 123 Å². The topological polar surface area (TPSA) is 46.2 Å². The van der Waals surface area contributed by atoms with Gasteiger partial charge in [0, 0.05) is 17.3 Å². The molecule has 2 rings (SSSR count). The first kappa shape index (κ1) is 14.0. The molecule has 0 aliphatic carbocycles. The van der Waals surface area contributed by atoms with Crippen molar-refractivity contribution >= 4 is 44.6 Å². The molecule has 1 aromatic heterocycles. The van der Waals surface area contributed by atoms with Crippen molar-refractivity contribution in [2.24, 2.45) is 0 Å². The summed E-state index contributed by atoms with van der Waals surface area (Å²) in [6, 6.07) is 11.0. The van der Waals surface area contributed by atoms with Gasteiger partial charge in [0.25, 0.3) is 0 Å². The number of thiophene rings is 1. The van der Waals surface area contributed by atoms with Gasteiger partial charge in [-0.1, -0.05) is 18.2 Å². The molecule has 1 N–H and O–H groups in total. The predicted molar refractivity (Wildman–Crippen MR) is 80.7 cm³/mol. The van der Waals surface area contributed by atoms with Gasteiger partial charge in [-0.3, -0.25) is 9.59 Å². The number of hydrogen-bond acceptors (Lipinski definition) is 3. The minimum Gasteiger partial charge on any atom is -0.325 e. The van der Waals surface area contributed by atoms with E-state index in [2.05, 4.69) is 21.2 Å². The quantitative estimate of drug-likeness (QED) is 0.834. The van der Waals surface area contributed by atoms with Gasteiger partial charge in [0.15, 0.2) is 5.78 Å². The summed E-state index contributed by atoms with van der Waals surface area (Å²) in [4.78, 5) is 24.2. The Balaban J connectivity index is 1.86. The van der Waals surface area contributed by atoms with Gasteiger partial charge in [0.2, 0.25) is 5.91 Å². The number of rotatable bonds is 5. The molecule has 1 heterocycles. The van der Waals surface area contributed by atoms with Crippen LogP contribution in [0.2, 0.25) is 0 Å². The van der Waals surface area contributed by atoms with Gasteiger partial charge >= 0.3 is 0 Å². The summed E-state index contributed by atoms with van der Waals surface area (Å²) >= 11 is 4.76. The number of carbonyl (C=O) groups excluding carboxylic acids is 2. The van der Waals surface area contributed by atoms with E-state index >= 15 is 0 Å². The Morgan fingerprint density at radius 1 is 1.11 bits per heavy atom. The molecule has 3 nitrogen and oxygen atoms in total. The van der Waals surface area contributed by atoms with Gasteiger partial charge in [0.05, 0.1) is 10.6 Å². The Morgan fingerprint density at radius 3 is 2.58 bits per heavy atom. The molecule has 0 saturated carbocycles. The van der Waals surface area contributed by atoms with Crippen LogP contribution in [0.1, 0.15) is 22.5 Å². The Kier molecular flexibility index (Phi) is 4.87. The molecular weight excluding hydrogens is 326 g/mol. The van der Waals surface area contributed by atoms with Crippen LogP contribution in [-0.2, 0) is 4.79 Å². The third-order valence-corrected chi connectivity index (χ3v) is 4.13. The number of amides is 1. The van der Waals surface area contributed by atoms with Crippen LogP contribution in [-0.4, -0.2) is 11.7 Å². The van der Waals surface area contributed by atoms with Crippen molar-refractivity contribution in [3.05, 3.63) is 51.1 Å². The molecule has 5 heteroatoms. The maximum Gasteiger partial charge on any atom is 0.224 e. The number of halogens is 1. The molecule has 2 aromatic rings. The Hall–Kier alpha value is -1.46. The summed E-state index contributed by atoms with van der Waals surface area (Å²) in [5.41, 5.74) is 0.719. The number of Topliss-reactive ketones (excluding diaryl/α,β-unsaturated/α-hetero) is 1. The highest BCUT2D eigenvalue weighted by Gasteiger charge is 2.10. The first-order valence-corrected chi connectivity index (χ1v) is 7.45. The third-order valence-electron chi connectivity index (χ3n) is 2.52. The van der Waals surface area contributed by atoms with E-state index in [-0.39, 0.29) is 24.5 Å². The second-order valence-electron chi connectivity index (χ2n) is 3.93. The van der Waals surface area contributed by atoms with Crippen LogP contribution >= 0.6 is 27.3 Å². The highest BCUT2D eigenvalue weighted by atomic mass is 79.9. The Bertz CT molecular complexity index is 581. The standard InChI is InChI=1S/C14H12BrNO2S/c15-10-4-1-2-5-11(10)16-14(18)8-7-12(17)13-6-3-9-19-13/h1-6,9H,7-8H2,(H,16,18). The molecule has 1 amide bonds. The number of nitrogens with one attached hydrogen (secondary N) is 1. The molecule has 98 valence electrons. The minimum absolute atomic E-state index is 0.0114. The molecule has 0 bridgehead atoms. The lowest BCUT2D eigenvalue weighted by Crippen LogP contribution is -2.13. The van der Waals surface area contributed by atoms with Crippen LogP contribution in [0.25, 0.3) is 0 Å². The molecular formula is C14H12BrNO2S. The largest absolute Gasteiger partial charge is 0.325 e. The highest BCUT2D eigenvalue weighted by molar-refractivity contribution is 9.10. The molecule has 1 aromatic carbocycles. The number of para-hydroxylation sites is 1. The monoisotopic (exact) mass is 337 g/mol.